The lowest BCUT2D eigenvalue weighted by Gasteiger charge is -2.31. The third kappa shape index (κ3) is 4.17. The zero-order valence-electron chi connectivity index (χ0n) is 18.5. The normalized spacial score (nSPS) is 15.1. The fourth-order valence-corrected chi connectivity index (χ4v) is 4.06. The van der Waals surface area contributed by atoms with E-state index in [2.05, 4.69) is 20.5 Å². The molecule has 1 fully saturated rings. The number of pyridine rings is 1. The van der Waals surface area contributed by atoms with Crippen LogP contribution in [0.25, 0.3) is 11.0 Å². The van der Waals surface area contributed by atoms with Gasteiger partial charge in [0.05, 0.1) is 29.0 Å². The van der Waals surface area contributed by atoms with Crippen molar-refractivity contribution < 1.29 is 9.59 Å². The molecule has 9 nitrogen and oxygen atoms in total. The molecule has 0 aromatic carbocycles. The van der Waals surface area contributed by atoms with Gasteiger partial charge < -0.3 is 10.2 Å². The van der Waals surface area contributed by atoms with Crippen LogP contribution >= 0.6 is 0 Å². The van der Waals surface area contributed by atoms with Gasteiger partial charge in [0.1, 0.15) is 0 Å². The number of aromatic nitrogens is 5. The molecule has 0 radical (unpaired) electrons. The lowest BCUT2D eigenvalue weighted by atomic mass is 9.95. The molecule has 0 unspecified atom stereocenters. The molecule has 4 heterocycles. The first-order valence-electron chi connectivity index (χ1n) is 10.8. The summed E-state index contributed by atoms with van der Waals surface area (Å²) >= 11 is 0. The first kappa shape index (κ1) is 21.0. The fraction of sp³-hybridized carbons (Fsp3) is 0.500. The minimum absolute atomic E-state index is 0.0110. The van der Waals surface area contributed by atoms with E-state index in [4.69, 9.17) is 0 Å². The summed E-state index contributed by atoms with van der Waals surface area (Å²) in [6.45, 7) is 9.83. The maximum absolute atomic E-state index is 13.3. The number of hydrogen-bond donors (Lipinski definition) is 1. The van der Waals surface area contributed by atoms with Gasteiger partial charge in [0.25, 0.3) is 5.91 Å². The van der Waals surface area contributed by atoms with Crippen LogP contribution in [0.4, 0.5) is 5.69 Å². The summed E-state index contributed by atoms with van der Waals surface area (Å²) in [6.07, 6.45) is 6.49. The number of carbonyl (C=O) groups is 2. The average molecular weight is 424 g/mol. The average Bonchev–Trinajstić information content (AvgIpc) is 3.39. The fourth-order valence-electron chi connectivity index (χ4n) is 4.06. The van der Waals surface area contributed by atoms with E-state index in [0.29, 0.717) is 37.2 Å². The smallest absolute Gasteiger partial charge is 0.254 e. The topological polar surface area (TPSA) is 97.9 Å². The molecule has 1 aliphatic heterocycles. The molecular formula is C22H29N7O2. The van der Waals surface area contributed by atoms with Gasteiger partial charge in [0, 0.05) is 43.5 Å². The Bertz CT molecular complexity index is 1110. The number of nitrogens with zero attached hydrogens (tertiary/aromatic N) is 6. The third-order valence-corrected chi connectivity index (χ3v) is 5.79. The molecule has 1 saturated heterocycles. The van der Waals surface area contributed by atoms with Crippen LogP contribution in [-0.4, -0.2) is 54.3 Å². The van der Waals surface area contributed by atoms with E-state index in [9.17, 15) is 9.59 Å². The molecule has 4 rings (SSSR count). The number of nitrogens with one attached hydrogen (secondary N) is 1. The van der Waals surface area contributed by atoms with Gasteiger partial charge in [-0.25, -0.2) is 9.67 Å². The van der Waals surface area contributed by atoms with Crippen molar-refractivity contribution in [3.05, 3.63) is 35.9 Å². The van der Waals surface area contributed by atoms with Gasteiger partial charge in [0.15, 0.2) is 5.65 Å². The molecule has 0 saturated carbocycles. The summed E-state index contributed by atoms with van der Waals surface area (Å²) < 4.78 is 3.62. The van der Waals surface area contributed by atoms with E-state index in [1.165, 1.54) is 0 Å². The predicted octanol–water partition coefficient (Wildman–Crippen LogP) is 3.03. The highest BCUT2D eigenvalue weighted by atomic mass is 16.2. The summed E-state index contributed by atoms with van der Waals surface area (Å²) in [5, 5.41) is 12.3. The number of carbonyl (C=O) groups excluding carboxylic acids is 2. The largest absolute Gasteiger partial charge is 0.339 e. The van der Waals surface area contributed by atoms with E-state index in [1.54, 1.807) is 17.1 Å². The standard InChI is InChI=1S/C22H29N7O2/c1-5-28-13-17(11-23-28)26-21(30)16-6-8-27(9-7-16)22(31)18-10-15(4)25-20-19(18)12-24-29(20)14(2)3/h10-14,16H,5-9H2,1-4H3,(H,26,30). The van der Waals surface area contributed by atoms with Crippen LogP contribution in [-0.2, 0) is 11.3 Å². The maximum atomic E-state index is 13.3. The highest BCUT2D eigenvalue weighted by Crippen LogP contribution is 2.25. The number of hydrogen-bond acceptors (Lipinski definition) is 5. The molecule has 3 aromatic rings. The Labute approximate surface area is 181 Å². The van der Waals surface area contributed by atoms with Gasteiger partial charge in [-0.3, -0.25) is 14.3 Å². The number of likely N-dealkylation sites (tertiary alicyclic amines) is 1. The number of fused-ring (bicyclic) bond motifs is 1. The molecule has 31 heavy (non-hydrogen) atoms. The number of rotatable bonds is 5. The van der Waals surface area contributed by atoms with Crippen LogP contribution in [0, 0.1) is 12.8 Å². The summed E-state index contributed by atoms with van der Waals surface area (Å²) in [5.41, 5.74) is 2.87. The van der Waals surface area contributed by atoms with E-state index in [-0.39, 0.29) is 23.8 Å². The monoisotopic (exact) mass is 423 g/mol. The Balaban J connectivity index is 1.44. The number of amides is 2. The molecule has 1 N–H and O–H groups in total. The highest BCUT2D eigenvalue weighted by molar-refractivity contribution is 6.05. The summed E-state index contributed by atoms with van der Waals surface area (Å²) in [5.74, 6) is -0.151. The predicted molar refractivity (Wildman–Crippen MR) is 118 cm³/mol. The molecule has 164 valence electrons. The Hall–Kier alpha value is -3.23. The zero-order valence-corrected chi connectivity index (χ0v) is 18.5. The van der Waals surface area contributed by atoms with E-state index in [1.807, 2.05) is 49.5 Å². The lowest BCUT2D eigenvalue weighted by molar-refractivity contribution is -0.121. The minimum Gasteiger partial charge on any atom is -0.339 e. The SMILES string of the molecule is CCn1cc(NC(=O)C2CCN(C(=O)c3cc(C)nc4c3cnn4C(C)C)CC2)cn1. The molecule has 0 atom stereocenters. The molecular weight excluding hydrogens is 394 g/mol. The van der Waals surface area contributed by atoms with Crippen LogP contribution in [0.1, 0.15) is 55.7 Å². The molecule has 2 amide bonds. The Morgan fingerprint density at radius 1 is 1.19 bits per heavy atom. The van der Waals surface area contributed by atoms with Crippen molar-refractivity contribution in [1.82, 2.24) is 29.4 Å². The van der Waals surface area contributed by atoms with E-state index < -0.39 is 0 Å². The van der Waals surface area contributed by atoms with Crippen molar-refractivity contribution in [2.24, 2.45) is 5.92 Å². The minimum atomic E-state index is -0.114. The maximum Gasteiger partial charge on any atom is 0.254 e. The molecule has 0 spiro atoms. The van der Waals surface area contributed by atoms with Crippen LogP contribution in [0.2, 0.25) is 0 Å². The second kappa shape index (κ2) is 8.49. The zero-order chi connectivity index (χ0) is 22.1. The van der Waals surface area contributed by atoms with Gasteiger partial charge >= 0.3 is 0 Å². The Morgan fingerprint density at radius 3 is 2.58 bits per heavy atom. The van der Waals surface area contributed by atoms with Crippen LogP contribution in [0.5, 0.6) is 0 Å². The molecule has 9 heteroatoms. The third-order valence-electron chi connectivity index (χ3n) is 5.79. The Morgan fingerprint density at radius 2 is 1.94 bits per heavy atom. The molecule has 0 aliphatic carbocycles. The van der Waals surface area contributed by atoms with Crippen LogP contribution in [0.15, 0.2) is 24.7 Å². The van der Waals surface area contributed by atoms with Crippen LogP contribution < -0.4 is 5.32 Å². The van der Waals surface area contributed by atoms with Gasteiger partial charge in [-0.1, -0.05) is 0 Å². The van der Waals surface area contributed by atoms with Crippen molar-refractivity contribution in [2.45, 2.75) is 53.1 Å². The molecule has 3 aromatic heterocycles. The number of piperidine rings is 1. The Kier molecular flexibility index (Phi) is 5.75. The molecule has 1 aliphatic rings. The van der Waals surface area contributed by atoms with E-state index >= 15 is 0 Å². The summed E-state index contributed by atoms with van der Waals surface area (Å²) in [4.78, 5) is 32.4. The van der Waals surface area contributed by atoms with Crippen molar-refractivity contribution in [3.8, 4) is 0 Å². The number of anilines is 1. The lowest BCUT2D eigenvalue weighted by Crippen LogP contribution is -2.41. The van der Waals surface area contributed by atoms with Gasteiger partial charge in [0.2, 0.25) is 5.91 Å². The van der Waals surface area contributed by atoms with Gasteiger partial charge in [-0.2, -0.15) is 10.2 Å². The first-order chi connectivity index (χ1) is 14.9. The second-order valence-electron chi connectivity index (χ2n) is 8.37. The summed E-state index contributed by atoms with van der Waals surface area (Å²) in [7, 11) is 0. The van der Waals surface area contributed by atoms with E-state index in [0.717, 1.165) is 23.3 Å². The first-order valence-corrected chi connectivity index (χ1v) is 10.8. The van der Waals surface area contributed by atoms with Crippen molar-refractivity contribution in [2.75, 3.05) is 18.4 Å². The van der Waals surface area contributed by atoms with Crippen molar-refractivity contribution >= 4 is 28.5 Å². The quantitative estimate of drug-likeness (QED) is 0.680. The van der Waals surface area contributed by atoms with Gasteiger partial charge in [-0.15, -0.1) is 0 Å². The molecule has 0 bridgehead atoms. The summed E-state index contributed by atoms with van der Waals surface area (Å²) in [6, 6.07) is 2.00. The highest BCUT2D eigenvalue weighted by Gasteiger charge is 2.29. The van der Waals surface area contributed by atoms with Gasteiger partial charge in [-0.05, 0) is 46.6 Å². The van der Waals surface area contributed by atoms with Crippen molar-refractivity contribution in [1.29, 1.82) is 0 Å². The van der Waals surface area contributed by atoms with Crippen LogP contribution in [0.3, 0.4) is 0 Å². The number of aryl methyl sites for hydroxylation is 2. The van der Waals surface area contributed by atoms with Crippen molar-refractivity contribution in [3.63, 3.8) is 0 Å². The second-order valence-corrected chi connectivity index (χ2v) is 8.37.